The molecule has 0 heterocycles. The standard InChI is InChI=1S/C19H25S.C4H8/c1-5-10-18(6-2)15-20(14-13-17(3)4)16-19-11-8-7-9-12-19;1-3-4-2/h5-13H,1-2,14-16H2,3-4H3;3-4H,1-2H3/q+1;/b18-10+;4-3-. The fourth-order valence-corrected chi connectivity index (χ4v) is 4.08. The molecule has 1 aromatic carbocycles. The Morgan fingerprint density at radius 3 is 2.12 bits per heavy atom. The molecule has 0 fully saturated rings. The third kappa shape index (κ3) is 11.8. The fraction of sp³-hybridized carbons (Fsp3) is 0.304. The van der Waals surface area contributed by atoms with Crippen LogP contribution in [0, 0.1) is 0 Å². The van der Waals surface area contributed by atoms with E-state index in [4.69, 9.17) is 0 Å². The molecule has 0 aromatic heterocycles. The van der Waals surface area contributed by atoms with Crippen LogP contribution in [0.3, 0.4) is 0 Å². The van der Waals surface area contributed by atoms with Gasteiger partial charge in [0.25, 0.3) is 0 Å². The van der Waals surface area contributed by atoms with Crippen molar-refractivity contribution >= 4 is 10.9 Å². The molecule has 1 unspecified atom stereocenters. The zero-order chi connectivity index (χ0) is 18.2. The summed E-state index contributed by atoms with van der Waals surface area (Å²) in [5.74, 6) is 3.35. The Bertz CT molecular complexity index is 539. The van der Waals surface area contributed by atoms with Gasteiger partial charge >= 0.3 is 0 Å². The van der Waals surface area contributed by atoms with E-state index in [1.54, 1.807) is 0 Å². The van der Waals surface area contributed by atoms with Crippen molar-refractivity contribution < 1.29 is 0 Å². The summed E-state index contributed by atoms with van der Waals surface area (Å²) >= 11 is 0. The summed E-state index contributed by atoms with van der Waals surface area (Å²) in [6.07, 6.45) is 12.2. The predicted molar refractivity (Wildman–Crippen MR) is 116 cm³/mol. The number of benzene rings is 1. The maximum absolute atomic E-state index is 3.91. The molecule has 0 aliphatic rings. The normalized spacial score (nSPS) is 12.1. The van der Waals surface area contributed by atoms with Gasteiger partial charge in [0.1, 0.15) is 17.3 Å². The smallest absolute Gasteiger partial charge is 0.0991 e. The van der Waals surface area contributed by atoms with Crippen molar-refractivity contribution in [2.75, 3.05) is 11.5 Å². The molecule has 0 saturated carbocycles. The molecule has 0 bridgehead atoms. The molecule has 0 aliphatic carbocycles. The van der Waals surface area contributed by atoms with E-state index in [1.807, 2.05) is 38.2 Å². The Morgan fingerprint density at radius 1 is 1.04 bits per heavy atom. The molecule has 0 radical (unpaired) electrons. The van der Waals surface area contributed by atoms with E-state index < -0.39 is 0 Å². The van der Waals surface area contributed by atoms with E-state index in [0.29, 0.717) is 10.9 Å². The van der Waals surface area contributed by atoms with Gasteiger partial charge in [-0.1, -0.05) is 79.4 Å². The van der Waals surface area contributed by atoms with Crippen LogP contribution < -0.4 is 0 Å². The van der Waals surface area contributed by atoms with Crippen molar-refractivity contribution in [2.24, 2.45) is 0 Å². The molecule has 24 heavy (non-hydrogen) atoms. The van der Waals surface area contributed by atoms with Crippen LogP contribution in [0.5, 0.6) is 0 Å². The molecular formula is C23H33S+. The number of allylic oxidation sites excluding steroid dienone is 6. The van der Waals surface area contributed by atoms with Gasteiger partial charge in [-0.2, -0.15) is 0 Å². The quantitative estimate of drug-likeness (QED) is 0.282. The van der Waals surface area contributed by atoms with Gasteiger partial charge in [0.2, 0.25) is 0 Å². The summed E-state index contributed by atoms with van der Waals surface area (Å²) < 4.78 is 0. The van der Waals surface area contributed by atoms with Crippen LogP contribution >= 0.6 is 0 Å². The molecule has 0 nitrogen and oxygen atoms in total. The first-order chi connectivity index (χ1) is 11.6. The summed E-state index contributed by atoms with van der Waals surface area (Å²) in [7, 11) is 0.309. The SMILES string of the molecule is C/C=C\C.C=C/C=C(\C=C)C[S+](CC=C(C)C)Cc1ccccc1. The molecule has 130 valence electrons. The van der Waals surface area contributed by atoms with Crippen LogP contribution in [-0.4, -0.2) is 11.5 Å². The van der Waals surface area contributed by atoms with Gasteiger partial charge < -0.3 is 0 Å². The van der Waals surface area contributed by atoms with Crippen LogP contribution in [0.1, 0.15) is 33.3 Å². The first-order valence-electron chi connectivity index (χ1n) is 8.40. The van der Waals surface area contributed by atoms with E-state index in [1.165, 1.54) is 16.7 Å². The summed E-state index contributed by atoms with van der Waals surface area (Å²) in [6, 6.07) is 10.7. The van der Waals surface area contributed by atoms with E-state index in [2.05, 4.69) is 69.5 Å². The maximum atomic E-state index is 3.91. The lowest BCUT2D eigenvalue weighted by Gasteiger charge is -2.08. The Balaban J connectivity index is 0.00000118. The molecule has 1 atom stereocenters. The van der Waals surface area contributed by atoms with E-state index in [9.17, 15) is 0 Å². The van der Waals surface area contributed by atoms with Crippen molar-refractivity contribution in [3.05, 3.63) is 96.7 Å². The van der Waals surface area contributed by atoms with Gasteiger partial charge in [-0.25, -0.2) is 0 Å². The van der Waals surface area contributed by atoms with Crippen LogP contribution in [0.15, 0.2) is 91.1 Å². The Kier molecular flexibility index (Phi) is 13.8. The first-order valence-corrected chi connectivity index (χ1v) is 10.1. The summed E-state index contributed by atoms with van der Waals surface area (Å²) in [5.41, 5.74) is 4.09. The minimum absolute atomic E-state index is 0.309. The molecule has 1 rings (SSSR count). The number of rotatable bonds is 8. The van der Waals surface area contributed by atoms with E-state index >= 15 is 0 Å². The second kappa shape index (κ2) is 14.8. The summed E-state index contributed by atoms with van der Waals surface area (Å²) in [5, 5.41) is 0. The van der Waals surface area contributed by atoms with Gasteiger partial charge in [0.05, 0.1) is 0 Å². The molecular weight excluding hydrogens is 308 g/mol. The van der Waals surface area contributed by atoms with E-state index in [0.717, 1.165) is 17.3 Å². The molecule has 1 aromatic rings. The molecule has 0 amide bonds. The second-order valence-corrected chi connectivity index (χ2v) is 7.82. The highest BCUT2D eigenvalue weighted by Gasteiger charge is 2.18. The second-order valence-electron chi connectivity index (χ2n) is 5.68. The summed E-state index contributed by atoms with van der Waals surface area (Å²) in [4.78, 5) is 0. The van der Waals surface area contributed by atoms with Gasteiger partial charge in [-0.15, -0.1) is 0 Å². The van der Waals surface area contributed by atoms with Crippen LogP contribution in [0.4, 0.5) is 0 Å². The van der Waals surface area contributed by atoms with Gasteiger partial charge in [-0.05, 0) is 33.8 Å². The highest BCUT2D eigenvalue weighted by molar-refractivity contribution is 7.96. The topological polar surface area (TPSA) is 0 Å². The highest BCUT2D eigenvalue weighted by atomic mass is 32.2. The van der Waals surface area contributed by atoms with Crippen molar-refractivity contribution in [1.82, 2.24) is 0 Å². The highest BCUT2D eigenvalue weighted by Crippen LogP contribution is 2.14. The Hall–Kier alpha value is -1.73. The minimum atomic E-state index is 0.309. The maximum Gasteiger partial charge on any atom is 0.133 e. The molecule has 0 aliphatic heterocycles. The lowest BCUT2D eigenvalue weighted by Crippen LogP contribution is -2.15. The lowest BCUT2D eigenvalue weighted by atomic mass is 10.2. The first kappa shape index (κ1) is 22.3. The lowest BCUT2D eigenvalue weighted by molar-refractivity contribution is 1.34. The van der Waals surface area contributed by atoms with Crippen molar-refractivity contribution in [1.29, 1.82) is 0 Å². The number of hydrogen-bond donors (Lipinski definition) is 0. The molecule has 1 heteroatoms. The van der Waals surface area contributed by atoms with Crippen molar-refractivity contribution in [3.8, 4) is 0 Å². The zero-order valence-electron chi connectivity index (χ0n) is 15.8. The number of hydrogen-bond acceptors (Lipinski definition) is 0. The van der Waals surface area contributed by atoms with E-state index in [-0.39, 0.29) is 0 Å². The van der Waals surface area contributed by atoms with Gasteiger partial charge in [-0.3, -0.25) is 0 Å². The molecule has 0 spiro atoms. The van der Waals surface area contributed by atoms with Crippen LogP contribution in [-0.2, 0) is 16.6 Å². The van der Waals surface area contributed by atoms with Gasteiger partial charge in [0.15, 0.2) is 0 Å². The summed E-state index contributed by atoms with van der Waals surface area (Å²) in [6.45, 7) is 16.0. The monoisotopic (exact) mass is 341 g/mol. The zero-order valence-corrected chi connectivity index (χ0v) is 16.6. The van der Waals surface area contributed by atoms with Crippen molar-refractivity contribution in [2.45, 2.75) is 33.4 Å². The molecule has 0 N–H and O–H groups in total. The Morgan fingerprint density at radius 2 is 1.67 bits per heavy atom. The van der Waals surface area contributed by atoms with Crippen molar-refractivity contribution in [3.63, 3.8) is 0 Å². The van der Waals surface area contributed by atoms with Crippen LogP contribution in [0.25, 0.3) is 0 Å². The molecule has 0 saturated heterocycles. The largest absolute Gasteiger partial charge is 0.133 e. The average Bonchev–Trinajstić information content (AvgIpc) is 2.60. The third-order valence-electron chi connectivity index (χ3n) is 3.24. The van der Waals surface area contributed by atoms with Crippen LogP contribution in [0.2, 0.25) is 0 Å². The minimum Gasteiger partial charge on any atom is -0.0991 e. The predicted octanol–water partition coefficient (Wildman–Crippen LogP) is 6.65. The Labute approximate surface area is 152 Å². The fourth-order valence-electron chi connectivity index (χ4n) is 1.83. The third-order valence-corrected chi connectivity index (χ3v) is 5.36. The average molecular weight is 342 g/mol. The van der Waals surface area contributed by atoms with Gasteiger partial charge in [0, 0.05) is 22.0 Å².